The lowest BCUT2D eigenvalue weighted by Gasteiger charge is -2.27. The fourth-order valence-corrected chi connectivity index (χ4v) is 2.29. The van der Waals surface area contributed by atoms with Gasteiger partial charge in [0.25, 0.3) is 0 Å². The van der Waals surface area contributed by atoms with Gasteiger partial charge in [0.05, 0.1) is 11.0 Å². The molecule has 1 heterocycles. The van der Waals surface area contributed by atoms with Gasteiger partial charge < -0.3 is 5.11 Å². The van der Waals surface area contributed by atoms with Crippen molar-refractivity contribution in [1.82, 2.24) is 4.90 Å². The number of aliphatic hydroxyl groups is 1. The summed E-state index contributed by atoms with van der Waals surface area (Å²) in [6.07, 6.45) is -0.397. The van der Waals surface area contributed by atoms with Crippen LogP contribution in [0.5, 0.6) is 0 Å². The second kappa shape index (κ2) is 6.09. The molecule has 5 nitrogen and oxygen atoms in total. The number of hydrogen-bond acceptors (Lipinski definition) is 5. The highest BCUT2D eigenvalue weighted by Crippen LogP contribution is 2.24. The van der Waals surface area contributed by atoms with E-state index < -0.39 is 6.10 Å². The van der Waals surface area contributed by atoms with Gasteiger partial charge in [0.1, 0.15) is 0 Å². The molecule has 6 heteroatoms. The van der Waals surface area contributed by atoms with Gasteiger partial charge in [0.2, 0.25) is 0 Å². The van der Waals surface area contributed by atoms with Crippen LogP contribution in [0.4, 0.5) is 5.00 Å². The van der Waals surface area contributed by atoms with Crippen LogP contribution in [-0.4, -0.2) is 33.6 Å². The van der Waals surface area contributed by atoms with E-state index in [-0.39, 0.29) is 9.92 Å². The van der Waals surface area contributed by atoms with Crippen molar-refractivity contribution >= 4 is 16.3 Å². The molecule has 1 unspecified atom stereocenters. The van der Waals surface area contributed by atoms with Crippen LogP contribution in [0.2, 0.25) is 0 Å². The van der Waals surface area contributed by atoms with Crippen molar-refractivity contribution in [2.24, 2.45) is 0 Å². The SMILES string of the molecule is CC(O)CN(Cc1csc([N+](=O)[O-])c1)C(C)C. The zero-order valence-electron chi connectivity index (χ0n) is 10.3. The summed E-state index contributed by atoms with van der Waals surface area (Å²) in [4.78, 5) is 12.3. The third kappa shape index (κ3) is 4.41. The Morgan fingerprint density at radius 3 is 2.59 bits per heavy atom. The number of nitrogens with zero attached hydrogens (tertiary/aromatic N) is 2. The predicted molar refractivity (Wildman–Crippen MR) is 68.2 cm³/mol. The highest BCUT2D eigenvalue weighted by Gasteiger charge is 2.16. The van der Waals surface area contributed by atoms with E-state index in [2.05, 4.69) is 4.90 Å². The van der Waals surface area contributed by atoms with E-state index in [0.29, 0.717) is 19.1 Å². The minimum absolute atomic E-state index is 0.167. The summed E-state index contributed by atoms with van der Waals surface area (Å²) >= 11 is 1.14. The summed E-state index contributed by atoms with van der Waals surface area (Å²) in [6.45, 7) is 7.03. The predicted octanol–water partition coefficient (Wildman–Crippen LogP) is 2.25. The molecule has 0 radical (unpaired) electrons. The molecule has 0 fully saturated rings. The third-order valence-electron chi connectivity index (χ3n) is 2.43. The molecule has 0 aliphatic carbocycles. The first-order valence-electron chi connectivity index (χ1n) is 5.54. The Labute approximate surface area is 105 Å². The molecule has 0 bridgehead atoms. The van der Waals surface area contributed by atoms with E-state index in [1.54, 1.807) is 18.4 Å². The molecule has 0 spiro atoms. The fourth-order valence-electron chi connectivity index (χ4n) is 1.57. The minimum Gasteiger partial charge on any atom is -0.392 e. The molecule has 1 rings (SSSR count). The number of nitro groups is 1. The molecule has 1 N–H and O–H groups in total. The maximum absolute atomic E-state index is 10.6. The van der Waals surface area contributed by atoms with Crippen LogP contribution in [-0.2, 0) is 6.54 Å². The van der Waals surface area contributed by atoms with Gasteiger partial charge in [0, 0.05) is 30.6 Å². The van der Waals surface area contributed by atoms with Crippen molar-refractivity contribution < 1.29 is 10.0 Å². The van der Waals surface area contributed by atoms with Crippen molar-refractivity contribution in [3.63, 3.8) is 0 Å². The monoisotopic (exact) mass is 258 g/mol. The molecule has 0 saturated carbocycles. The van der Waals surface area contributed by atoms with Crippen molar-refractivity contribution in [3.8, 4) is 0 Å². The zero-order valence-corrected chi connectivity index (χ0v) is 11.1. The lowest BCUT2D eigenvalue weighted by Crippen LogP contribution is -2.35. The summed E-state index contributed by atoms with van der Waals surface area (Å²) in [6, 6.07) is 1.89. The third-order valence-corrected chi connectivity index (χ3v) is 3.36. The molecule has 0 saturated heterocycles. The highest BCUT2D eigenvalue weighted by atomic mass is 32.1. The maximum Gasteiger partial charge on any atom is 0.324 e. The van der Waals surface area contributed by atoms with E-state index in [1.165, 1.54) is 0 Å². The van der Waals surface area contributed by atoms with Crippen LogP contribution in [0, 0.1) is 10.1 Å². The number of hydrogen-bond donors (Lipinski definition) is 1. The van der Waals surface area contributed by atoms with Gasteiger partial charge in [-0.05, 0) is 26.3 Å². The summed E-state index contributed by atoms with van der Waals surface area (Å²) in [5, 5.41) is 21.9. The van der Waals surface area contributed by atoms with Gasteiger partial charge in [-0.3, -0.25) is 15.0 Å². The topological polar surface area (TPSA) is 66.6 Å². The quantitative estimate of drug-likeness (QED) is 0.627. The fraction of sp³-hybridized carbons (Fsp3) is 0.636. The Bertz CT molecular complexity index is 377. The molecule has 0 amide bonds. The Morgan fingerprint density at radius 1 is 1.53 bits per heavy atom. The second-order valence-corrected chi connectivity index (χ2v) is 5.31. The van der Waals surface area contributed by atoms with Crippen LogP contribution in [0.1, 0.15) is 26.3 Å². The Morgan fingerprint density at radius 2 is 2.18 bits per heavy atom. The van der Waals surface area contributed by atoms with Gasteiger partial charge in [-0.15, -0.1) is 0 Å². The van der Waals surface area contributed by atoms with Crippen LogP contribution in [0.3, 0.4) is 0 Å². The van der Waals surface area contributed by atoms with Crippen molar-refractivity contribution in [3.05, 3.63) is 27.1 Å². The standard InChI is InChI=1S/C11H18N2O3S/c1-8(2)12(5-9(3)14)6-10-4-11(13(15)16)17-7-10/h4,7-9,14H,5-6H2,1-3H3. The molecule has 17 heavy (non-hydrogen) atoms. The molecule has 0 aliphatic rings. The smallest absolute Gasteiger partial charge is 0.324 e. The maximum atomic E-state index is 10.6. The first-order valence-corrected chi connectivity index (χ1v) is 6.42. The van der Waals surface area contributed by atoms with Crippen molar-refractivity contribution in [2.75, 3.05) is 6.54 Å². The van der Waals surface area contributed by atoms with E-state index in [0.717, 1.165) is 16.9 Å². The number of thiophene rings is 1. The van der Waals surface area contributed by atoms with Gasteiger partial charge in [0.15, 0.2) is 0 Å². The lowest BCUT2D eigenvalue weighted by molar-refractivity contribution is -0.380. The molecular weight excluding hydrogens is 240 g/mol. The van der Waals surface area contributed by atoms with Crippen molar-refractivity contribution in [2.45, 2.75) is 39.5 Å². The van der Waals surface area contributed by atoms with E-state index in [4.69, 9.17) is 0 Å². The Kier molecular flexibility index (Phi) is 5.04. The molecule has 0 aliphatic heterocycles. The Hall–Kier alpha value is -0.980. The zero-order chi connectivity index (χ0) is 13.0. The first-order chi connectivity index (χ1) is 7.90. The summed E-state index contributed by atoms with van der Waals surface area (Å²) in [7, 11) is 0. The average molecular weight is 258 g/mol. The summed E-state index contributed by atoms with van der Waals surface area (Å²) in [5.41, 5.74) is 0.927. The average Bonchev–Trinajstić information content (AvgIpc) is 2.64. The van der Waals surface area contributed by atoms with Gasteiger partial charge in [-0.2, -0.15) is 0 Å². The molecule has 1 aromatic rings. The molecule has 96 valence electrons. The second-order valence-electron chi connectivity index (χ2n) is 4.42. The number of aliphatic hydroxyl groups excluding tert-OH is 1. The van der Waals surface area contributed by atoms with Crippen LogP contribution >= 0.6 is 11.3 Å². The number of rotatable bonds is 6. The van der Waals surface area contributed by atoms with Gasteiger partial charge in [-0.25, -0.2) is 0 Å². The van der Waals surface area contributed by atoms with E-state index in [1.807, 2.05) is 13.8 Å². The van der Waals surface area contributed by atoms with Crippen LogP contribution in [0.25, 0.3) is 0 Å². The van der Waals surface area contributed by atoms with Crippen LogP contribution < -0.4 is 0 Å². The van der Waals surface area contributed by atoms with Gasteiger partial charge >= 0.3 is 5.00 Å². The largest absolute Gasteiger partial charge is 0.392 e. The molecule has 1 atom stereocenters. The molecule has 0 aromatic carbocycles. The summed E-state index contributed by atoms with van der Waals surface area (Å²) < 4.78 is 0. The van der Waals surface area contributed by atoms with E-state index >= 15 is 0 Å². The first kappa shape index (κ1) is 14.1. The Balaban J connectivity index is 2.68. The molecule has 1 aromatic heterocycles. The van der Waals surface area contributed by atoms with Crippen LogP contribution in [0.15, 0.2) is 11.4 Å². The minimum atomic E-state index is -0.397. The normalized spacial score (nSPS) is 13.3. The van der Waals surface area contributed by atoms with Crippen molar-refractivity contribution in [1.29, 1.82) is 0 Å². The highest BCUT2D eigenvalue weighted by molar-refractivity contribution is 7.13. The molecular formula is C11H18N2O3S. The lowest BCUT2D eigenvalue weighted by atomic mass is 10.2. The summed E-state index contributed by atoms with van der Waals surface area (Å²) in [5.74, 6) is 0. The van der Waals surface area contributed by atoms with Gasteiger partial charge in [-0.1, -0.05) is 11.3 Å². The van der Waals surface area contributed by atoms with E-state index in [9.17, 15) is 15.2 Å².